The molecule has 1 aromatic rings. The lowest BCUT2D eigenvalue weighted by Gasteiger charge is -2.09. The molecule has 1 unspecified atom stereocenters. The summed E-state index contributed by atoms with van der Waals surface area (Å²) in [7, 11) is 0. The highest BCUT2D eigenvalue weighted by Gasteiger charge is 2.05. The van der Waals surface area contributed by atoms with E-state index >= 15 is 0 Å². The second-order valence-corrected chi connectivity index (χ2v) is 3.35. The van der Waals surface area contributed by atoms with Gasteiger partial charge in [-0.2, -0.15) is 0 Å². The lowest BCUT2D eigenvalue weighted by molar-refractivity contribution is -0.384. The van der Waals surface area contributed by atoms with E-state index in [1.165, 1.54) is 12.1 Å². The Morgan fingerprint density at radius 1 is 1.47 bits per heavy atom. The van der Waals surface area contributed by atoms with Crippen LogP contribution >= 0.6 is 0 Å². The highest BCUT2D eigenvalue weighted by atomic mass is 16.6. The highest BCUT2D eigenvalue weighted by molar-refractivity contribution is 5.35. The quantitative estimate of drug-likeness (QED) is 0.593. The predicted molar refractivity (Wildman–Crippen MR) is 54.8 cm³/mol. The molecule has 0 amide bonds. The molecule has 0 aliphatic heterocycles. The van der Waals surface area contributed by atoms with E-state index in [9.17, 15) is 10.1 Å². The minimum Gasteiger partial charge on any atom is -0.493 e. The summed E-state index contributed by atoms with van der Waals surface area (Å²) in [5.74, 6) is 0.626. The van der Waals surface area contributed by atoms with Crippen molar-refractivity contribution < 1.29 is 14.8 Å². The van der Waals surface area contributed by atoms with Gasteiger partial charge in [0, 0.05) is 24.7 Å². The first kappa shape index (κ1) is 11.5. The fourth-order valence-corrected chi connectivity index (χ4v) is 0.955. The van der Waals surface area contributed by atoms with Crippen molar-refractivity contribution in [3.63, 3.8) is 0 Å². The van der Waals surface area contributed by atoms with Crippen LogP contribution in [0.4, 0.5) is 5.69 Å². The third-order valence-corrected chi connectivity index (χ3v) is 1.89. The molecule has 1 atom stereocenters. The zero-order valence-corrected chi connectivity index (χ0v) is 8.42. The molecule has 82 valence electrons. The van der Waals surface area contributed by atoms with E-state index in [2.05, 4.69) is 0 Å². The number of aliphatic hydroxyl groups is 1. The first-order valence-corrected chi connectivity index (χ1v) is 4.61. The molecule has 15 heavy (non-hydrogen) atoms. The van der Waals surface area contributed by atoms with Gasteiger partial charge < -0.3 is 9.84 Å². The van der Waals surface area contributed by atoms with Crippen molar-refractivity contribution >= 4 is 5.69 Å². The van der Waals surface area contributed by atoms with E-state index in [0.717, 1.165) is 0 Å². The van der Waals surface area contributed by atoms with Crippen LogP contribution in [-0.2, 0) is 0 Å². The zero-order valence-electron chi connectivity index (χ0n) is 8.42. The maximum atomic E-state index is 10.4. The Bertz CT molecular complexity index is 323. The van der Waals surface area contributed by atoms with Gasteiger partial charge in [0.15, 0.2) is 0 Å². The van der Waals surface area contributed by atoms with Crippen molar-refractivity contribution in [3.8, 4) is 5.75 Å². The molecule has 1 rings (SSSR count). The number of nitro groups is 1. The van der Waals surface area contributed by atoms with Gasteiger partial charge in [-0.1, -0.05) is 6.92 Å². The summed E-state index contributed by atoms with van der Waals surface area (Å²) in [6.45, 7) is 2.31. The summed E-state index contributed by atoms with van der Waals surface area (Å²) >= 11 is 0. The molecule has 0 heterocycles. The minimum atomic E-state index is -0.458. The Morgan fingerprint density at radius 2 is 2.07 bits per heavy atom. The summed E-state index contributed by atoms with van der Waals surface area (Å²) in [6, 6.07) is 5.86. The normalized spacial score (nSPS) is 12.1. The van der Waals surface area contributed by atoms with Crippen molar-refractivity contribution in [2.24, 2.45) is 5.92 Å². The summed E-state index contributed by atoms with van der Waals surface area (Å²) in [4.78, 5) is 9.90. The van der Waals surface area contributed by atoms with E-state index in [-0.39, 0.29) is 18.2 Å². The maximum Gasteiger partial charge on any atom is 0.269 e. The third kappa shape index (κ3) is 3.55. The molecule has 0 aliphatic rings. The molecule has 1 aromatic carbocycles. The molecule has 0 saturated heterocycles. The lowest BCUT2D eigenvalue weighted by atomic mass is 10.2. The summed E-state index contributed by atoms with van der Waals surface area (Å²) in [5, 5.41) is 19.1. The van der Waals surface area contributed by atoms with Gasteiger partial charge in [-0.05, 0) is 12.1 Å². The van der Waals surface area contributed by atoms with Crippen LogP contribution in [-0.4, -0.2) is 23.2 Å². The monoisotopic (exact) mass is 211 g/mol. The van der Waals surface area contributed by atoms with Gasteiger partial charge in [-0.25, -0.2) is 0 Å². The zero-order chi connectivity index (χ0) is 11.3. The Balaban J connectivity index is 2.53. The fourth-order valence-electron chi connectivity index (χ4n) is 0.955. The Morgan fingerprint density at radius 3 is 2.53 bits per heavy atom. The average Bonchev–Trinajstić information content (AvgIpc) is 2.26. The standard InChI is InChI=1S/C10H13NO4/c1-8(6-12)7-15-10-4-2-9(3-5-10)11(13)14/h2-5,8,12H,6-7H2,1H3. The number of rotatable bonds is 5. The van der Waals surface area contributed by atoms with Gasteiger partial charge >= 0.3 is 0 Å². The molecule has 0 radical (unpaired) electrons. The number of nitro benzene ring substituents is 1. The number of aliphatic hydroxyl groups excluding tert-OH is 1. The van der Waals surface area contributed by atoms with Gasteiger partial charge in [0.2, 0.25) is 0 Å². The van der Waals surface area contributed by atoms with E-state index in [0.29, 0.717) is 12.4 Å². The minimum absolute atomic E-state index is 0.0394. The van der Waals surface area contributed by atoms with E-state index < -0.39 is 4.92 Å². The SMILES string of the molecule is CC(CO)COc1ccc([N+](=O)[O-])cc1. The number of hydrogen-bond acceptors (Lipinski definition) is 4. The second kappa shape index (κ2) is 5.31. The molecule has 0 bridgehead atoms. The van der Waals surface area contributed by atoms with Gasteiger partial charge in [-0.15, -0.1) is 0 Å². The van der Waals surface area contributed by atoms with Crippen LogP contribution in [0.15, 0.2) is 24.3 Å². The van der Waals surface area contributed by atoms with E-state index in [4.69, 9.17) is 9.84 Å². The first-order chi connectivity index (χ1) is 7.13. The maximum absolute atomic E-state index is 10.4. The number of hydrogen-bond donors (Lipinski definition) is 1. The Kier molecular flexibility index (Phi) is 4.05. The van der Waals surface area contributed by atoms with Gasteiger partial charge in [0.25, 0.3) is 5.69 Å². The molecule has 5 nitrogen and oxygen atoms in total. The van der Waals surface area contributed by atoms with Crippen molar-refractivity contribution in [3.05, 3.63) is 34.4 Å². The Hall–Kier alpha value is -1.62. The molecule has 0 aromatic heterocycles. The van der Waals surface area contributed by atoms with Crippen LogP contribution in [0.5, 0.6) is 5.75 Å². The number of benzene rings is 1. The Labute approximate surface area is 87.5 Å². The number of ether oxygens (including phenoxy) is 1. The van der Waals surface area contributed by atoms with Crippen LogP contribution in [0, 0.1) is 16.0 Å². The smallest absolute Gasteiger partial charge is 0.269 e. The third-order valence-electron chi connectivity index (χ3n) is 1.89. The van der Waals surface area contributed by atoms with Crippen molar-refractivity contribution in [2.45, 2.75) is 6.92 Å². The summed E-state index contributed by atoms with van der Waals surface area (Å²) in [5.41, 5.74) is 0.0394. The summed E-state index contributed by atoms with van der Waals surface area (Å²) < 4.78 is 5.31. The summed E-state index contributed by atoms with van der Waals surface area (Å²) in [6.07, 6.45) is 0. The molecule has 5 heteroatoms. The van der Waals surface area contributed by atoms with Crippen molar-refractivity contribution in [1.82, 2.24) is 0 Å². The van der Waals surface area contributed by atoms with Crippen LogP contribution in [0.3, 0.4) is 0 Å². The van der Waals surface area contributed by atoms with Gasteiger partial charge in [-0.3, -0.25) is 10.1 Å². The molecule has 0 aliphatic carbocycles. The van der Waals surface area contributed by atoms with Gasteiger partial charge in [0.05, 0.1) is 11.5 Å². The molecular weight excluding hydrogens is 198 g/mol. The lowest BCUT2D eigenvalue weighted by Crippen LogP contribution is -2.11. The van der Waals surface area contributed by atoms with Crippen molar-refractivity contribution in [2.75, 3.05) is 13.2 Å². The van der Waals surface area contributed by atoms with Crippen LogP contribution < -0.4 is 4.74 Å². The second-order valence-electron chi connectivity index (χ2n) is 3.35. The van der Waals surface area contributed by atoms with Crippen LogP contribution in [0.2, 0.25) is 0 Å². The molecule has 0 fully saturated rings. The van der Waals surface area contributed by atoms with Crippen molar-refractivity contribution in [1.29, 1.82) is 0 Å². The number of nitrogens with zero attached hydrogens (tertiary/aromatic N) is 1. The average molecular weight is 211 g/mol. The molecular formula is C10H13NO4. The highest BCUT2D eigenvalue weighted by Crippen LogP contribution is 2.17. The molecule has 1 N–H and O–H groups in total. The molecule has 0 spiro atoms. The largest absolute Gasteiger partial charge is 0.493 e. The van der Waals surface area contributed by atoms with Crippen LogP contribution in [0.25, 0.3) is 0 Å². The fraction of sp³-hybridized carbons (Fsp3) is 0.400. The van der Waals surface area contributed by atoms with E-state index in [1.54, 1.807) is 12.1 Å². The predicted octanol–water partition coefficient (Wildman–Crippen LogP) is 1.60. The van der Waals surface area contributed by atoms with Gasteiger partial charge in [0.1, 0.15) is 5.75 Å². The topological polar surface area (TPSA) is 72.6 Å². The van der Waals surface area contributed by atoms with E-state index in [1.807, 2.05) is 6.92 Å². The number of non-ortho nitro benzene ring substituents is 1. The van der Waals surface area contributed by atoms with Crippen LogP contribution in [0.1, 0.15) is 6.92 Å². The molecule has 0 saturated carbocycles. The first-order valence-electron chi connectivity index (χ1n) is 4.61.